The van der Waals surface area contributed by atoms with Crippen LogP contribution in [-0.2, 0) is 10.0 Å². The minimum absolute atomic E-state index is 0.180. The second-order valence-electron chi connectivity index (χ2n) is 6.57. The lowest BCUT2D eigenvalue weighted by molar-refractivity contribution is 0.223. The third-order valence-electron chi connectivity index (χ3n) is 4.23. The molecular weight excluding hydrogens is 414 g/mol. The fourth-order valence-corrected chi connectivity index (χ4v) is 4.00. The first-order valence-corrected chi connectivity index (χ1v) is 10.9. The summed E-state index contributed by atoms with van der Waals surface area (Å²) in [4.78, 5) is 25.7. The van der Waals surface area contributed by atoms with Crippen LogP contribution in [0.25, 0.3) is 5.57 Å². The van der Waals surface area contributed by atoms with Crippen molar-refractivity contribution < 1.29 is 18.0 Å². The number of nitrogens with zero attached hydrogens (tertiary/aromatic N) is 1. The predicted molar refractivity (Wildman–Crippen MR) is 122 cm³/mol. The summed E-state index contributed by atoms with van der Waals surface area (Å²) in [5, 5.41) is 5.79. The van der Waals surface area contributed by atoms with Crippen molar-refractivity contribution in [2.24, 2.45) is 0 Å². The van der Waals surface area contributed by atoms with E-state index in [0.29, 0.717) is 22.5 Å². The number of urea groups is 2. The number of benzene rings is 3. The molecule has 0 aliphatic carbocycles. The molecule has 4 amide bonds. The van der Waals surface area contributed by atoms with Gasteiger partial charge in [0.15, 0.2) is 0 Å². The van der Waals surface area contributed by atoms with Crippen molar-refractivity contribution in [2.75, 3.05) is 10.6 Å². The molecule has 0 fully saturated rings. The van der Waals surface area contributed by atoms with Gasteiger partial charge in [-0.2, -0.15) is 0 Å². The number of sulfonamides is 1. The lowest BCUT2D eigenvalue weighted by atomic mass is 10.1. The molecule has 0 unspecified atom stereocenters. The number of hydrogen-bond donors (Lipinski definition) is 2. The smallest absolute Gasteiger partial charge is 0.307 e. The SMILES string of the molecule is C/C(=C\S(=O)(=O)N(C(=O)Nc1ccccc1)C(=O)Nc1ccccc1)c1ccccc1. The number of para-hydroxylation sites is 2. The highest BCUT2D eigenvalue weighted by atomic mass is 32.2. The number of amides is 4. The van der Waals surface area contributed by atoms with Crippen LogP contribution in [0.5, 0.6) is 0 Å². The summed E-state index contributed by atoms with van der Waals surface area (Å²) in [7, 11) is -4.46. The Balaban J connectivity index is 1.95. The Bertz CT molecular complexity index is 1130. The van der Waals surface area contributed by atoms with Gasteiger partial charge in [0.25, 0.3) is 10.0 Å². The average molecular weight is 436 g/mol. The highest BCUT2D eigenvalue weighted by Gasteiger charge is 2.33. The van der Waals surface area contributed by atoms with Gasteiger partial charge in [-0.1, -0.05) is 66.7 Å². The Morgan fingerprint density at radius 2 is 1.10 bits per heavy atom. The monoisotopic (exact) mass is 435 g/mol. The molecule has 0 saturated heterocycles. The number of carbonyl (C=O) groups is 2. The van der Waals surface area contributed by atoms with E-state index in [4.69, 9.17) is 0 Å². The third-order valence-corrected chi connectivity index (χ3v) is 5.72. The number of carbonyl (C=O) groups excluding carboxylic acids is 2. The zero-order valence-corrected chi connectivity index (χ0v) is 17.5. The van der Waals surface area contributed by atoms with Gasteiger partial charge in [-0.3, -0.25) is 0 Å². The summed E-state index contributed by atoms with van der Waals surface area (Å²) in [6.45, 7) is 1.59. The van der Waals surface area contributed by atoms with Crippen molar-refractivity contribution in [2.45, 2.75) is 6.92 Å². The van der Waals surface area contributed by atoms with E-state index >= 15 is 0 Å². The van der Waals surface area contributed by atoms with Crippen LogP contribution in [0.15, 0.2) is 96.4 Å². The maximum Gasteiger partial charge on any atom is 0.344 e. The van der Waals surface area contributed by atoms with Gasteiger partial charge in [-0.15, -0.1) is 4.31 Å². The molecule has 3 aromatic carbocycles. The van der Waals surface area contributed by atoms with Crippen LogP contribution in [0.1, 0.15) is 12.5 Å². The lowest BCUT2D eigenvalue weighted by Crippen LogP contribution is -2.45. The van der Waals surface area contributed by atoms with Gasteiger partial charge >= 0.3 is 12.1 Å². The zero-order valence-electron chi connectivity index (χ0n) is 16.7. The minimum atomic E-state index is -4.46. The van der Waals surface area contributed by atoms with E-state index in [1.807, 2.05) is 0 Å². The van der Waals surface area contributed by atoms with Crippen molar-refractivity contribution >= 4 is 39.0 Å². The van der Waals surface area contributed by atoms with Crippen molar-refractivity contribution in [1.29, 1.82) is 0 Å². The molecule has 3 aromatic rings. The summed E-state index contributed by atoms with van der Waals surface area (Å²) >= 11 is 0. The van der Waals surface area contributed by atoms with Crippen LogP contribution in [0.3, 0.4) is 0 Å². The van der Waals surface area contributed by atoms with Gasteiger partial charge in [0.2, 0.25) is 0 Å². The molecule has 31 heavy (non-hydrogen) atoms. The van der Waals surface area contributed by atoms with Crippen molar-refractivity contribution in [3.63, 3.8) is 0 Å². The molecule has 158 valence electrons. The van der Waals surface area contributed by atoms with Gasteiger partial charge in [-0.25, -0.2) is 18.0 Å². The first kappa shape index (κ1) is 21.8. The summed E-state index contributed by atoms with van der Waals surface area (Å²) < 4.78 is 26.4. The molecule has 7 nitrogen and oxygen atoms in total. The molecule has 8 heteroatoms. The fourth-order valence-electron chi connectivity index (χ4n) is 2.76. The molecule has 0 radical (unpaired) electrons. The molecule has 3 rings (SSSR count). The van der Waals surface area contributed by atoms with Crippen molar-refractivity contribution in [3.8, 4) is 0 Å². The van der Waals surface area contributed by atoms with E-state index < -0.39 is 22.1 Å². The Morgan fingerprint density at radius 3 is 1.52 bits per heavy atom. The topological polar surface area (TPSA) is 95.6 Å². The second-order valence-corrected chi connectivity index (χ2v) is 8.20. The molecule has 0 bridgehead atoms. The van der Waals surface area contributed by atoms with E-state index in [1.54, 1.807) is 97.9 Å². The van der Waals surface area contributed by atoms with Crippen LogP contribution in [-0.4, -0.2) is 24.8 Å². The predicted octanol–water partition coefficient (Wildman–Crippen LogP) is 5.14. The van der Waals surface area contributed by atoms with E-state index in [9.17, 15) is 18.0 Å². The summed E-state index contributed by atoms with van der Waals surface area (Å²) in [5.74, 6) is 0. The number of imide groups is 1. The van der Waals surface area contributed by atoms with Crippen LogP contribution < -0.4 is 10.6 Å². The van der Waals surface area contributed by atoms with Gasteiger partial charge in [0.1, 0.15) is 0 Å². The highest BCUT2D eigenvalue weighted by Crippen LogP contribution is 2.19. The Kier molecular flexibility index (Phi) is 6.84. The van der Waals surface area contributed by atoms with Crippen LogP contribution in [0.4, 0.5) is 21.0 Å². The van der Waals surface area contributed by atoms with Crippen LogP contribution >= 0.6 is 0 Å². The molecule has 2 N–H and O–H groups in total. The van der Waals surface area contributed by atoms with Gasteiger partial charge < -0.3 is 10.6 Å². The fraction of sp³-hybridized carbons (Fsp3) is 0.0435. The van der Waals surface area contributed by atoms with Crippen LogP contribution in [0, 0.1) is 0 Å². The zero-order chi connectivity index (χ0) is 22.3. The van der Waals surface area contributed by atoms with Gasteiger partial charge in [0.05, 0.1) is 5.41 Å². The Hall–Kier alpha value is -3.91. The first-order valence-electron chi connectivity index (χ1n) is 9.38. The quantitative estimate of drug-likeness (QED) is 0.580. The minimum Gasteiger partial charge on any atom is -0.307 e. The molecule has 0 aromatic heterocycles. The number of nitrogens with one attached hydrogen (secondary N) is 2. The molecule has 0 aliphatic heterocycles. The van der Waals surface area contributed by atoms with E-state index in [0.717, 1.165) is 5.41 Å². The molecule has 0 aliphatic rings. The molecule has 0 spiro atoms. The molecular formula is C23H21N3O4S. The summed E-state index contributed by atoms with van der Waals surface area (Å²) in [6, 6.07) is 23.2. The highest BCUT2D eigenvalue weighted by molar-refractivity contribution is 7.93. The van der Waals surface area contributed by atoms with Crippen LogP contribution in [0.2, 0.25) is 0 Å². The molecule has 0 heterocycles. The van der Waals surface area contributed by atoms with Crippen molar-refractivity contribution in [1.82, 2.24) is 4.31 Å². The molecule has 0 saturated carbocycles. The number of rotatable bonds is 5. The Labute approximate surface area is 181 Å². The van der Waals surface area contributed by atoms with E-state index in [-0.39, 0.29) is 4.31 Å². The van der Waals surface area contributed by atoms with E-state index in [1.165, 1.54) is 0 Å². The number of allylic oxidation sites excluding steroid dienone is 1. The maximum absolute atomic E-state index is 13.1. The third kappa shape index (κ3) is 5.80. The summed E-state index contributed by atoms with van der Waals surface area (Å²) in [5.41, 5.74) is 1.73. The largest absolute Gasteiger partial charge is 0.344 e. The lowest BCUT2D eigenvalue weighted by Gasteiger charge is -2.20. The van der Waals surface area contributed by atoms with Crippen molar-refractivity contribution in [3.05, 3.63) is 102 Å². The number of hydrogen-bond acceptors (Lipinski definition) is 4. The average Bonchev–Trinajstić information content (AvgIpc) is 2.75. The van der Waals surface area contributed by atoms with E-state index in [2.05, 4.69) is 10.6 Å². The maximum atomic E-state index is 13.1. The molecule has 0 atom stereocenters. The normalized spacial score (nSPS) is 11.5. The Morgan fingerprint density at radius 1 is 0.710 bits per heavy atom. The summed E-state index contributed by atoms with van der Waals surface area (Å²) in [6.07, 6.45) is 0. The van der Waals surface area contributed by atoms with Gasteiger partial charge in [-0.05, 0) is 42.3 Å². The second kappa shape index (κ2) is 9.73. The van der Waals surface area contributed by atoms with Gasteiger partial charge in [0, 0.05) is 11.4 Å². The standard InChI is InChI=1S/C23H21N3O4S/c1-18(19-11-5-2-6-12-19)17-31(29,30)26(22(27)24-20-13-7-3-8-14-20)23(28)25-21-15-9-4-10-16-21/h2-17H,1H3,(H,24,27)(H,25,28)/b18-17+. The number of anilines is 2. The first-order chi connectivity index (χ1) is 14.9.